The number of benzene rings is 2. The molecule has 0 atom stereocenters. The Balaban J connectivity index is 1.44. The first kappa shape index (κ1) is 20.3. The van der Waals surface area contributed by atoms with Crippen LogP contribution < -0.4 is 15.5 Å². The summed E-state index contributed by atoms with van der Waals surface area (Å²) in [4.78, 5) is 16.6. The minimum Gasteiger partial charge on any atom is -0.367 e. The molecule has 2 aliphatic rings. The normalized spacial score (nSPS) is 17.9. The highest BCUT2D eigenvalue weighted by Crippen LogP contribution is 2.34. The Labute approximate surface area is 175 Å². The number of nitrogens with zero attached hydrogens (tertiary/aromatic N) is 2. The summed E-state index contributed by atoms with van der Waals surface area (Å²) in [5, 5.41) is 5.56. The number of rotatable bonds is 6. The van der Waals surface area contributed by atoms with Crippen molar-refractivity contribution < 1.29 is 13.6 Å². The summed E-state index contributed by atoms with van der Waals surface area (Å²) >= 11 is 0. The fourth-order valence-corrected chi connectivity index (χ4v) is 3.95. The van der Waals surface area contributed by atoms with E-state index >= 15 is 0 Å². The van der Waals surface area contributed by atoms with Crippen molar-refractivity contribution in [3.05, 3.63) is 59.8 Å². The number of amides is 1. The Morgan fingerprint density at radius 2 is 1.90 bits per heavy atom. The summed E-state index contributed by atoms with van der Waals surface area (Å²) in [6.07, 6.45) is 3.79. The van der Waals surface area contributed by atoms with Crippen molar-refractivity contribution in [2.75, 3.05) is 48.3 Å². The second-order valence-corrected chi connectivity index (χ2v) is 7.67. The molecule has 30 heavy (non-hydrogen) atoms. The van der Waals surface area contributed by atoms with E-state index in [9.17, 15) is 13.6 Å². The minimum absolute atomic E-state index is 0.191. The highest BCUT2D eigenvalue weighted by molar-refractivity contribution is 6.31. The summed E-state index contributed by atoms with van der Waals surface area (Å²) in [5.41, 5.74) is 1.94. The molecule has 2 heterocycles. The van der Waals surface area contributed by atoms with Gasteiger partial charge in [-0.1, -0.05) is 19.4 Å². The SMILES string of the molecule is CCCCN1CCN(c2ccc(NC=C3C(=O)Nc4cccc(F)c43)cc2F)CC1. The molecule has 1 fully saturated rings. The van der Waals surface area contributed by atoms with Crippen molar-refractivity contribution in [1.29, 1.82) is 0 Å². The zero-order valence-electron chi connectivity index (χ0n) is 17.0. The summed E-state index contributed by atoms with van der Waals surface area (Å²) in [6, 6.07) is 9.43. The smallest absolute Gasteiger partial charge is 0.257 e. The van der Waals surface area contributed by atoms with Crippen molar-refractivity contribution in [3.63, 3.8) is 0 Å². The van der Waals surface area contributed by atoms with Crippen LogP contribution in [-0.4, -0.2) is 43.5 Å². The maximum atomic E-state index is 14.8. The second kappa shape index (κ2) is 8.83. The van der Waals surface area contributed by atoms with E-state index in [-0.39, 0.29) is 22.9 Å². The molecular weight excluding hydrogens is 386 g/mol. The number of anilines is 3. The van der Waals surface area contributed by atoms with Crippen LogP contribution in [0.25, 0.3) is 5.57 Å². The standard InChI is InChI=1S/C23H26F2N4O/c1-2-3-9-28-10-12-29(13-11-28)21-8-7-16(14-19(21)25)26-15-17-22-18(24)5-4-6-20(22)27-23(17)30/h4-8,14-15,26H,2-3,9-13H2,1H3,(H,27,30). The van der Waals surface area contributed by atoms with Crippen LogP contribution in [0.2, 0.25) is 0 Å². The lowest BCUT2D eigenvalue weighted by Gasteiger charge is -2.36. The highest BCUT2D eigenvalue weighted by atomic mass is 19.1. The molecule has 1 saturated heterocycles. The zero-order valence-corrected chi connectivity index (χ0v) is 17.0. The first-order valence-corrected chi connectivity index (χ1v) is 10.4. The van der Waals surface area contributed by atoms with E-state index in [4.69, 9.17) is 0 Å². The molecule has 0 aliphatic carbocycles. The monoisotopic (exact) mass is 412 g/mol. The van der Waals surface area contributed by atoms with Crippen molar-refractivity contribution >= 4 is 28.5 Å². The van der Waals surface area contributed by atoms with Crippen LogP contribution >= 0.6 is 0 Å². The van der Waals surface area contributed by atoms with Gasteiger partial charge in [-0.3, -0.25) is 9.69 Å². The third-order valence-electron chi connectivity index (χ3n) is 5.65. The Bertz CT molecular complexity index is 968. The van der Waals surface area contributed by atoms with Crippen LogP contribution in [0.4, 0.5) is 25.8 Å². The number of hydrogen-bond acceptors (Lipinski definition) is 4. The van der Waals surface area contributed by atoms with E-state index in [1.165, 1.54) is 31.2 Å². The van der Waals surface area contributed by atoms with Crippen LogP contribution in [0.15, 0.2) is 42.6 Å². The maximum Gasteiger partial charge on any atom is 0.257 e. The van der Waals surface area contributed by atoms with Crippen LogP contribution in [-0.2, 0) is 4.79 Å². The highest BCUT2D eigenvalue weighted by Gasteiger charge is 2.27. The minimum atomic E-state index is -0.474. The van der Waals surface area contributed by atoms with Gasteiger partial charge in [0.25, 0.3) is 5.91 Å². The summed E-state index contributed by atoms with van der Waals surface area (Å²) in [6.45, 7) is 6.76. The average molecular weight is 412 g/mol. The number of carbonyl (C=O) groups excluding carboxylic acids is 1. The number of nitrogens with one attached hydrogen (secondary N) is 2. The van der Waals surface area contributed by atoms with E-state index in [1.54, 1.807) is 24.3 Å². The van der Waals surface area contributed by atoms with Gasteiger partial charge in [-0.25, -0.2) is 8.78 Å². The molecule has 7 heteroatoms. The van der Waals surface area contributed by atoms with E-state index in [0.29, 0.717) is 17.1 Å². The number of hydrogen-bond donors (Lipinski definition) is 2. The summed E-state index contributed by atoms with van der Waals surface area (Å²) in [5.74, 6) is -1.18. The van der Waals surface area contributed by atoms with Gasteiger partial charge in [-0.15, -0.1) is 0 Å². The van der Waals surface area contributed by atoms with E-state index in [1.807, 2.05) is 0 Å². The molecule has 158 valence electrons. The summed E-state index contributed by atoms with van der Waals surface area (Å²) in [7, 11) is 0. The average Bonchev–Trinajstić information content (AvgIpc) is 3.07. The van der Waals surface area contributed by atoms with E-state index in [0.717, 1.165) is 32.7 Å². The largest absolute Gasteiger partial charge is 0.367 e. The summed E-state index contributed by atoms with van der Waals surface area (Å²) < 4.78 is 28.9. The lowest BCUT2D eigenvalue weighted by molar-refractivity contribution is -0.110. The maximum absolute atomic E-state index is 14.8. The van der Waals surface area contributed by atoms with Gasteiger partial charge in [0.15, 0.2) is 0 Å². The van der Waals surface area contributed by atoms with Crippen molar-refractivity contribution in [2.45, 2.75) is 19.8 Å². The lowest BCUT2D eigenvalue weighted by atomic mass is 10.1. The molecule has 0 unspecified atom stereocenters. The number of carbonyl (C=O) groups is 1. The molecule has 2 aromatic rings. The van der Waals surface area contributed by atoms with Gasteiger partial charge in [0.05, 0.1) is 16.9 Å². The van der Waals surface area contributed by atoms with Gasteiger partial charge in [-0.2, -0.15) is 0 Å². The second-order valence-electron chi connectivity index (χ2n) is 7.67. The Morgan fingerprint density at radius 3 is 2.63 bits per heavy atom. The van der Waals surface area contributed by atoms with Crippen LogP contribution in [0.1, 0.15) is 25.3 Å². The van der Waals surface area contributed by atoms with E-state index < -0.39 is 5.82 Å². The predicted octanol–water partition coefficient (Wildman–Crippen LogP) is 4.29. The van der Waals surface area contributed by atoms with E-state index in [2.05, 4.69) is 27.4 Å². The van der Waals surface area contributed by atoms with Gasteiger partial charge in [0, 0.05) is 43.6 Å². The number of fused-ring (bicyclic) bond motifs is 1. The molecule has 0 radical (unpaired) electrons. The lowest BCUT2D eigenvalue weighted by Crippen LogP contribution is -2.46. The molecule has 2 aromatic carbocycles. The Morgan fingerprint density at radius 1 is 1.10 bits per heavy atom. The fourth-order valence-electron chi connectivity index (χ4n) is 3.95. The fraction of sp³-hybridized carbons (Fsp3) is 0.348. The third-order valence-corrected chi connectivity index (χ3v) is 5.65. The topological polar surface area (TPSA) is 47.6 Å². The Kier molecular flexibility index (Phi) is 5.99. The van der Waals surface area contributed by atoms with Crippen LogP contribution in [0.3, 0.4) is 0 Å². The van der Waals surface area contributed by atoms with Gasteiger partial charge < -0.3 is 15.5 Å². The molecule has 0 bridgehead atoms. The van der Waals surface area contributed by atoms with Gasteiger partial charge >= 0.3 is 0 Å². The zero-order chi connectivity index (χ0) is 21.1. The van der Waals surface area contributed by atoms with Gasteiger partial charge in [-0.05, 0) is 43.3 Å². The quantitative estimate of drug-likeness (QED) is 0.695. The number of unbranched alkanes of at least 4 members (excludes halogenated alkanes) is 1. The molecule has 0 saturated carbocycles. The number of piperazine rings is 1. The molecule has 0 spiro atoms. The van der Waals surface area contributed by atoms with Crippen LogP contribution in [0.5, 0.6) is 0 Å². The molecular formula is C23H26F2N4O. The Hall–Kier alpha value is -2.93. The van der Waals surface area contributed by atoms with Crippen molar-refractivity contribution in [2.24, 2.45) is 0 Å². The third kappa shape index (κ3) is 4.16. The van der Waals surface area contributed by atoms with Crippen LogP contribution in [0, 0.1) is 11.6 Å². The first-order valence-electron chi connectivity index (χ1n) is 10.4. The molecule has 1 amide bonds. The molecule has 4 rings (SSSR count). The molecule has 0 aromatic heterocycles. The number of halogens is 2. The molecule has 2 N–H and O–H groups in total. The molecule has 2 aliphatic heterocycles. The van der Waals surface area contributed by atoms with Crippen molar-refractivity contribution in [1.82, 2.24) is 4.90 Å². The predicted molar refractivity (Wildman–Crippen MR) is 117 cm³/mol. The molecule has 5 nitrogen and oxygen atoms in total. The van der Waals surface area contributed by atoms with Gasteiger partial charge in [0.1, 0.15) is 11.6 Å². The first-order chi connectivity index (χ1) is 14.6. The van der Waals surface area contributed by atoms with Crippen molar-refractivity contribution in [3.8, 4) is 0 Å². The van der Waals surface area contributed by atoms with Gasteiger partial charge in [0.2, 0.25) is 0 Å².